The maximum atomic E-state index is 12.5. The average Bonchev–Trinajstić information content (AvgIpc) is 2.83. The van der Waals surface area contributed by atoms with E-state index in [0.717, 1.165) is 31.5 Å². The highest BCUT2D eigenvalue weighted by atomic mass is 16.5. The number of nitrogens with zero attached hydrogens (tertiary/aromatic N) is 2. The Morgan fingerprint density at radius 3 is 2.89 bits per heavy atom. The van der Waals surface area contributed by atoms with Crippen molar-refractivity contribution in [3.8, 4) is 0 Å². The molecule has 5 heteroatoms. The third kappa shape index (κ3) is 2.41. The molecule has 1 fully saturated rings. The molecule has 1 N–H and O–H groups in total. The van der Waals surface area contributed by atoms with Gasteiger partial charge in [0.05, 0.1) is 6.20 Å². The molecule has 2 rings (SSSR count). The average molecular weight is 251 g/mol. The minimum absolute atomic E-state index is 0.0307. The van der Waals surface area contributed by atoms with Crippen LogP contribution in [0, 0.1) is 6.92 Å². The van der Waals surface area contributed by atoms with Gasteiger partial charge in [-0.05, 0) is 19.8 Å². The van der Waals surface area contributed by atoms with E-state index in [0.29, 0.717) is 11.8 Å². The van der Waals surface area contributed by atoms with Crippen molar-refractivity contribution < 1.29 is 9.32 Å². The van der Waals surface area contributed by atoms with E-state index in [9.17, 15) is 4.79 Å². The number of carbonyl (C=O) groups is 1. The summed E-state index contributed by atoms with van der Waals surface area (Å²) in [5.74, 6) is 0.349. The molecule has 2 unspecified atom stereocenters. The maximum Gasteiger partial charge on any atom is 0.293 e. The lowest BCUT2D eigenvalue weighted by atomic mass is 10.0. The number of amides is 1. The van der Waals surface area contributed by atoms with Gasteiger partial charge in [-0.3, -0.25) is 4.79 Å². The van der Waals surface area contributed by atoms with Gasteiger partial charge < -0.3 is 14.7 Å². The second-order valence-corrected chi connectivity index (χ2v) is 4.87. The van der Waals surface area contributed by atoms with Gasteiger partial charge in [-0.15, -0.1) is 0 Å². The minimum Gasteiger partial charge on any atom is -0.351 e. The standard InChI is InChI=1S/C13H21N3O2/c1-4-10-8-16(11(5-2)7-14-10)13(17)12-9(3)6-15-18-12/h6,10-11,14H,4-5,7-8H2,1-3H3. The summed E-state index contributed by atoms with van der Waals surface area (Å²) in [6, 6.07) is 0.616. The number of hydrogen-bond acceptors (Lipinski definition) is 4. The van der Waals surface area contributed by atoms with Gasteiger partial charge >= 0.3 is 0 Å². The fourth-order valence-electron chi connectivity index (χ4n) is 2.38. The Labute approximate surface area is 108 Å². The van der Waals surface area contributed by atoms with Crippen molar-refractivity contribution in [1.82, 2.24) is 15.4 Å². The number of aromatic nitrogens is 1. The highest BCUT2D eigenvalue weighted by Crippen LogP contribution is 2.17. The van der Waals surface area contributed by atoms with Crippen molar-refractivity contribution >= 4 is 5.91 Å². The van der Waals surface area contributed by atoms with Crippen LogP contribution in [0.4, 0.5) is 0 Å². The number of piperazine rings is 1. The predicted octanol–water partition coefficient (Wildman–Crippen LogP) is 1.59. The van der Waals surface area contributed by atoms with Crippen LogP contribution in [0.3, 0.4) is 0 Å². The monoisotopic (exact) mass is 251 g/mol. The molecule has 0 spiro atoms. The molecule has 18 heavy (non-hydrogen) atoms. The smallest absolute Gasteiger partial charge is 0.293 e. The molecule has 2 atom stereocenters. The molecule has 0 aliphatic carbocycles. The van der Waals surface area contributed by atoms with Crippen LogP contribution in [0.25, 0.3) is 0 Å². The van der Waals surface area contributed by atoms with Crippen LogP contribution in [0.5, 0.6) is 0 Å². The van der Waals surface area contributed by atoms with E-state index < -0.39 is 0 Å². The minimum atomic E-state index is -0.0307. The molecular weight excluding hydrogens is 230 g/mol. The molecule has 0 radical (unpaired) electrons. The zero-order valence-electron chi connectivity index (χ0n) is 11.3. The largest absolute Gasteiger partial charge is 0.351 e. The first-order valence-electron chi connectivity index (χ1n) is 6.63. The first kappa shape index (κ1) is 13.1. The first-order valence-corrected chi connectivity index (χ1v) is 6.63. The molecule has 1 aliphatic heterocycles. The van der Waals surface area contributed by atoms with Gasteiger partial charge in [-0.2, -0.15) is 0 Å². The summed E-state index contributed by atoms with van der Waals surface area (Å²) in [6.45, 7) is 7.69. The second-order valence-electron chi connectivity index (χ2n) is 4.87. The Kier molecular flexibility index (Phi) is 4.01. The Hall–Kier alpha value is -1.36. The molecule has 1 aromatic rings. The second kappa shape index (κ2) is 5.52. The Morgan fingerprint density at radius 1 is 1.56 bits per heavy atom. The summed E-state index contributed by atoms with van der Waals surface area (Å²) >= 11 is 0. The summed E-state index contributed by atoms with van der Waals surface area (Å²) in [5, 5.41) is 7.16. The molecule has 1 saturated heterocycles. The molecular formula is C13H21N3O2. The van der Waals surface area contributed by atoms with E-state index in [1.54, 1.807) is 6.20 Å². The first-order chi connectivity index (χ1) is 8.67. The molecule has 0 saturated carbocycles. The number of nitrogens with one attached hydrogen (secondary N) is 1. The molecule has 1 aromatic heterocycles. The third-order valence-corrected chi connectivity index (χ3v) is 3.67. The lowest BCUT2D eigenvalue weighted by Gasteiger charge is -2.39. The van der Waals surface area contributed by atoms with Crippen molar-refractivity contribution in [1.29, 1.82) is 0 Å². The van der Waals surface area contributed by atoms with Crippen molar-refractivity contribution in [2.45, 2.75) is 45.7 Å². The van der Waals surface area contributed by atoms with Crippen molar-refractivity contribution in [2.75, 3.05) is 13.1 Å². The Morgan fingerprint density at radius 2 is 2.33 bits per heavy atom. The van der Waals surface area contributed by atoms with Crippen LogP contribution in [-0.4, -0.2) is 41.1 Å². The topological polar surface area (TPSA) is 58.4 Å². The van der Waals surface area contributed by atoms with Gasteiger partial charge in [0.15, 0.2) is 0 Å². The molecule has 2 heterocycles. The van der Waals surface area contributed by atoms with Crippen LogP contribution in [-0.2, 0) is 0 Å². The van der Waals surface area contributed by atoms with Gasteiger partial charge in [-0.1, -0.05) is 19.0 Å². The molecule has 0 bridgehead atoms. The van der Waals surface area contributed by atoms with Crippen molar-refractivity contribution in [3.05, 3.63) is 17.5 Å². The normalized spacial score (nSPS) is 24.3. The van der Waals surface area contributed by atoms with Crippen LogP contribution >= 0.6 is 0 Å². The maximum absolute atomic E-state index is 12.5. The van der Waals surface area contributed by atoms with E-state index in [2.05, 4.69) is 24.3 Å². The molecule has 1 amide bonds. The van der Waals surface area contributed by atoms with E-state index >= 15 is 0 Å². The Balaban J connectivity index is 2.17. The lowest BCUT2D eigenvalue weighted by Crippen LogP contribution is -2.57. The fourth-order valence-corrected chi connectivity index (χ4v) is 2.38. The third-order valence-electron chi connectivity index (χ3n) is 3.67. The highest BCUT2D eigenvalue weighted by molar-refractivity contribution is 5.93. The SMILES string of the molecule is CCC1CN(C(=O)c2oncc2C)C(CC)CN1. The summed E-state index contributed by atoms with van der Waals surface area (Å²) in [4.78, 5) is 14.4. The van der Waals surface area contributed by atoms with Gasteiger partial charge in [0, 0.05) is 30.7 Å². The van der Waals surface area contributed by atoms with Crippen molar-refractivity contribution in [3.63, 3.8) is 0 Å². The van der Waals surface area contributed by atoms with E-state index in [-0.39, 0.29) is 11.9 Å². The highest BCUT2D eigenvalue weighted by Gasteiger charge is 2.32. The fraction of sp³-hybridized carbons (Fsp3) is 0.692. The van der Waals surface area contributed by atoms with Crippen LogP contribution in [0.15, 0.2) is 10.7 Å². The zero-order chi connectivity index (χ0) is 13.1. The Bertz CT molecular complexity index is 416. The van der Waals surface area contributed by atoms with E-state index in [4.69, 9.17) is 4.52 Å². The van der Waals surface area contributed by atoms with Crippen LogP contribution in [0.1, 0.15) is 42.8 Å². The van der Waals surface area contributed by atoms with Gasteiger partial charge in [0.1, 0.15) is 0 Å². The van der Waals surface area contributed by atoms with Crippen LogP contribution in [0.2, 0.25) is 0 Å². The summed E-state index contributed by atoms with van der Waals surface area (Å²) in [5.41, 5.74) is 0.807. The number of hydrogen-bond donors (Lipinski definition) is 1. The summed E-state index contributed by atoms with van der Waals surface area (Å²) in [7, 11) is 0. The van der Waals surface area contributed by atoms with Gasteiger partial charge in [-0.25, -0.2) is 0 Å². The molecule has 100 valence electrons. The van der Waals surface area contributed by atoms with E-state index in [1.165, 1.54) is 0 Å². The van der Waals surface area contributed by atoms with Gasteiger partial charge in [0.2, 0.25) is 5.76 Å². The van der Waals surface area contributed by atoms with E-state index in [1.807, 2.05) is 11.8 Å². The lowest BCUT2D eigenvalue weighted by molar-refractivity contribution is 0.0533. The number of aryl methyl sites for hydroxylation is 1. The number of rotatable bonds is 3. The van der Waals surface area contributed by atoms with Gasteiger partial charge in [0.25, 0.3) is 5.91 Å². The quantitative estimate of drug-likeness (QED) is 0.886. The number of carbonyl (C=O) groups excluding carboxylic acids is 1. The molecule has 1 aliphatic rings. The zero-order valence-corrected chi connectivity index (χ0v) is 11.3. The molecule has 5 nitrogen and oxygen atoms in total. The summed E-state index contributed by atoms with van der Waals surface area (Å²) in [6.07, 6.45) is 3.56. The van der Waals surface area contributed by atoms with Crippen LogP contribution < -0.4 is 5.32 Å². The predicted molar refractivity (Wildman–Crippen MR) is 68.4 cm³/mol. The van der Waals surface area contributed by atoms with Crippen molar-refractivity contribution in [2.24, 2.45) is 0 Å². The summed E-state index contributed by atoms with van der Waals surface area (Å²) < 4.78 is 5.08. The molecule has 0 aromatic carbocycles.